The van der Waals surface area contributed by atoms with Gasteiger partial charge in [-0.1, -0.05) is 30.3 Å². The summed E-state index contributed by atoms with van der Waals surface area (Å²) in [7, 11) is 0. The van der Waals surface area contributed by atoms with Crippen molar-refractivity contribution < 1.29 is 4.79 Å². The van der Waals surface area contributed by atoms with Gasteiger partial charge in [0.15, 0.2) is 0 Å². The number of hydrogen-bond donors (Lipinski definition) is 1. The van der Waals surface area contributed by atoms with Crippen molar-refractivity contribution in [3.63, 3.8) is 0 Å². The van der Waals surface area contributed by atoms with E-state index in [-0.39, 0.29) is 6.04 Å². The van der Waals surface area contributed by atoms with Gasteiger partial charge >= 0.3 is 0 Å². The van der Waals surface area contributed by atoms with Crippen LogP contribution in [0.4, 0.5) is 0 Å². The molecule has 1 rings (SSSR count). The van der Waals surface area contributed by atoms with Crippen LogP contribution >= 0.6 is 0 Å². The zero-order chi connectivity index (χ0) is 9.52. The number of hydrogen-bond acceptors (Lipinski definition) is 2. The van der Waals surface area contributed by atoms with Crippen molar-refractivity contribution in [2.45, 2.75) is 25.3 Å². The summed E-state index contributed by atoms with van der Waals surface area (Å²) in [5, 5.41) is 0. The van der Waals surface area contributed by atoms with Crippen molar-refractivity contribution in [2.24, 2.45) is 5.73 Å². The summed E-state index contributed by atoms with van der Waals surface area (Å²) in [5.41, 5.74) is 7.07. The molecule has 0 bridgehead atoms. The molecule has 1 atom stereocenters. The molecule has 0 radical (unpaired) electrons. The molecular weight excluding hydrogens is 162 g/mol. The number of carbonyl (C=O) groups is 1. The normalized spacial score (nSPS) is 12.4. The third kappa shape index (κ3) is 3.85. The lowest BCUT2D eigenvalue weighted by Gasteiger charge is -2.08. The maximum Gasteiger partial charge on any atom is 0.120 e. The summed E-state index contributed by atoms with van der Waals surface area (Å²) in [6.07, 6.45) is 3.12. The lowest BCUT2D eigenvalue weighted by molar-refractivity contribution is -0.108. The Morgan fingerprint density at radius 2 is 2.00 bits per heavy atom. The first kappa shape index (κ1) is 9.93. The fourth-order valence-electron chi connectivity index (χ4n) is 1.30. The fraction of sp³-hybridized carbons (Fsp3) is 0.364. The molecule has 2 nitrogen and oxygen atoms in total. The van der Waals surface area contributed by atoms with Crippen LogP contribution in [0.3, 0.4) is 0 Å². The lowest BCUT2D eigenvalue weighted by atomic mass is 10.0. The monoisotopic (exact) mass is 177 g/mol. The quantitative estimate of drug-likeness (QED) is 0.693. The molecule has 0 aliphatic rings. The van der Waals surface area contributed by atoms with Crippen LogP contribution in [0.1, 0.15) is 18.4 Å². The van der Waals surface area contributed by atoms with E-state index in [0.717, 1.165) is 19.1 Å². The van der Waals surface area contributed by atoms with E-state index in [2.05, 4.69) is 12.1 Å². The van der Waals surface area contributed by atoms with Crippen LogP contribution < -0.4 is 5.73 Å². The molecule has 0 amide bonds. The first-order chi connectivity index (χ1) is 6.33. The third-order valence-electron chi connectivity index (χ3n) is 2.00. The Morgan fingerprint density at radius 3 is 2.62 bits per heavy atom. The fourth-order valence-corrected chi connectivity index (χ4v) is 1.30. The van der Waals surface area contributed by atoms with Crippen LogP contribution in [0.2, 0.25) is 0 Å². The highest BCUT2D eigenvalue weighted by Gasteiger charge is 2.02. The number of aldehydes is 1. The molecule has 0 saturated heterocycles. The summed E-state index contributed by atoms with van der Waals surface area (Å²) in [6.45, 7) is 0. The summed E-state index contributed by atoms with van der Waals surface area (Å²) in [4.78, 5) is 10.1. The van der Waals surface area contributed by atoms with Crippen LogP contribution in [-0.4, -0.2) is 12.3 Å². The molecule has 2 heteroatoms. The number of carbonyl (C=O) groups excluding carboxylic acids is 1. The van der Waals surface area contributed by atoms with Gasteiger partial charge in [-0.05, 0) is 18.4 Å². The molecule has 13 heavy (non-hydrogen) atoms. The molecule has 1 aromatic rings. The average molecular weight is 177 g/mol. The van der Waals surface area contributed by atoms with Crippen LogP contribution in [0.15, 0.2) is 30.3 Å². The molecule has 1 aromatic carbocycles. The van der Waals surface area contributed by atoms with E-state index in [1.54, 1.807) is 0 Å². The Balaban J connectivity index is 2.36. The average Bonchev–Trinajstić information content (AvgIpc) is 2.16. The Hall–Kier alpha value is -1.15. The SMILES string of the molecule is NC(CCC=O)Cc1ccccc1. The van der Waals surface area contributed by atoms with Gasteiger partial charge in [-0.2, -0.15) is 0 Å². The molecule has 0 aromatic heterocycles. The molecule has 1 unspecified atom stereocenters. The van der Waals surface area contributed by atoms with Gasteiger partial charge in [0, 0.05) is 12.5 Å². The minimum absolute atomic E-state index is 0.104. The first-order valence-corrected chi connectivity index (χ1v) is 4.56. The van der Waals surface area contributed by atoms with E-state index in [0.29, 0.717) is 6.42 Å². The van der Waals surface area contributed by atoms with Gasteiger partial charge < -0.3 is 10.5 Å². The predicted molar refractivity (Wildman–Crippen MR) is 53.4 cm³/mol. The smallest absolute Gasteiger partial charge is 0.120 e. The highest BCUT2D eigenvalue weighted by atomic mass is 16.1. The Bertz CT molecular complexity index is 246. The zero-order valence-electron chi connectivity index (χ0n) is 7.65. The standard InChI is InChI=1S/C11H15NO/c12-11(7-4-8-13)9-10-5-2-1-3-6-10/h1-3,5-6,8,11H,4,7,9,12H2. The lowest BCUT2D eigenvalue weighted by Crippen LogP contribution is -2.22. The summed E-state index contributed by atoms with van der Waals surface area (Å²) >= 11 is 0. The van der Waals surface area contributed by atoms with Crippen molar-refractivity contribution in [2.75, 3.05) is 0 Å². The van der Waals surface area contributed by atoms with Gasteiger partial charge in [0.25, 0.3) is 0 Å². The molecule has 0 heterocycles. The second-order valence-corrected chi connectivity index (χ2v) is 3.19. The van der Waals surface area contributed by atoms with Crippen molar-refractivity contribution in [3.05, 3.63) is 35.9 Å². The van der Waals surface area contributed by atoms with E-state index in [4.69, 9.17) is 5.73 Å². The maximum atomic E-state index is 10.1. The van der Waals surface area contributed by atoms with Crippen molar-refractivity contribution in [1.82, 2.24) is 0 Å². The van der Waals surface area contributed by atoms with Gasteiger partial charge in [0.2, 0.25) is 0 Å². The van der Waals surface area contributed by atoms with Gasteiger partial charge in [-0.15, -0.1) is 0 Å². The van der Waals surface area contributed by atoms with E-state index < -0.39 is 0 Å². The highest BCUT2D eigenvalue weighted by Crippen LogP contribution is 2.04. The summed E-state index contributed by atoms with van der Waals surface area (Å²) in [6, 6.07) is 10.2. The van der Waals surface area contributed by atoms with Crippen LogP contribution in [-0.2, 0) is 11.2 Å². The van der Waals surface area contributed by atoms with Gasteiger partial charge in [-0.3, -0.25) is 0 Å². The molecular formula is C11H15NO. The van der Waals surface area contributed by atoms with Crippen molar-refractivity contribution in [1.29, 1.82) is 0 Å². The molecule has 0 aliphatic carbocycles. The van der Waals surface area contributed by atoms with Crippen LogP contribution in [0.5, 0.6) is 0 Å². The Kier molecular flexibility index (Phi) is 4.19. The van der Waals surface area contributed by atoms with E-state index in [9.17, 15) is 4.79 Å². The van der Waals surface area contributed by atoms with E-state index in [1.807, 2.05) is 18.2 Å². The second kappa shape index (κ2) is 5.49. The number of benzene rings is 1. The first-order valence-electron chi connectivity index (χ1n) is 4.56. The minimum Gasteiger partial charge on any atom is -0.327 e. The third-order valence-corrected chi connectivity index (χ3v) is 2.00. The Morgan fingerprint density at radius 1 is 1.31 bits per heavy atom. The van der Waals surface area contributed by atoms with E-state index >= 15 is 0 Å². The van der Waals surface area contributed by atoms with Crippen LogP contribution in [0, 0.1) is 0 Å². The molecule has 2 N–H and O–H groups in total. The summed E-state index contributed by atoms with van der Waals surface area (Å²) < 4.78 is 0. The number of nitrogens with two attached hydrogens (primary N) is 1. The van der Waals surface area contributed by atoms with Crippen LogP contribution in [0.25, 0.3) is 0 Å². The van der Waals surface area contributed by atoms with E-state index in [1.165, 1.54) is 5.56 Å². The molecule has 0 fully saturated rings. The molecule has 70 valence electrons. The number of rotatable bonds is 5. The Labute approximate surface area is 78.8 Å². The molecule has 0 saturated carbocycles. The molecule has 0 aliphatic heterocycles. The van der Waals surface area contributed by atoms with Crippen molar-refractivity contribution >= 4 is 6.29 Å². The zero-order valence-corrected chi connectivity index (χ0v) is 7.65. The van der Waals surface area contributed by atoms with Crippen molar-refractivity contribution in [3.8, 4) is 0 Å². The van der Waals surface area contributed by atoms with Gasteiger partial charge in [0.05, 0.1) is 0 Å². The largest absolute Gasteiger partial charge is 0.327 e. The minimum atomic E-state index is 0.104. The van der Waals surface area contributed by atoms with Gasteiger partial charge in [-0.25, -0.2) is 0 Å². The topological polar surface area (TPSA) is 43.1 Å². The summed E-state index contributed by atoms with van der Waals surface area (Å²) in [5.74, 6) is 0. The highest BCUT2D eigenvalue weighted by molar-refractivity contribution is 5.49. The van der Waals surface area contributed by atoms with Gasteiger partial charge in [0.1, 0.15) is 6.29 Å². The predicted octanol–water partition coefficient (Wildman–Crippen LogP) is 1.54. The second-order valence-electron chi connectivity index (χ2n) is 3.19. The molecule has 0 spiro atoms. The maximum absolute atomic E-state index is 10.1.